The van der Waals surface area contributed by atoms with E-state index in [1.54, 1.807) is 60.9 Å². The Labute approximate surface area is 314 Å². The first-order valence-electron chi connectivity index (χ1n) is 17.8. The zero-order chi connectivity index (χ0) is 39.7. The number of carboxylic acids is 1. The molecular formula is C41H39F5N5O4-. The van der Waals surface area contributed by atoms with Crippen LogP contribution in [0.15, 0.2) is 83.8 Å². The number of aromatic nitrogens is 3. The molecule has 3 aromatic carbocycles. The second-order valence-corrected chi connectivity index (χ2v) is 14.3. The molecule has 6 rings (SSSR count). The molecule has 55 heavy (non-hydrogen) atoms. The van der Waals surface area contributed by atoms with Crippen molar-refractivity contribution in [2.75, 3.05) is 13.1 Å². The van der Waals surface area contributed by atoms with Gasteiger partial charge in [0.1, 0.15) is 18.0 Å². The van der Waals surface area contributed by atoms with Crippen LogP contribution in [-0.4, -0.2) is 60.9 Å². The standard InChI is InChI=1S/C41H40F5N5O4/c1-25-17-20-47-37-35(25)38(53)48-33(16-13-29-5-4-6-32(42)36(29)43)51(37)24-34(52)50(31-18-21-49(22-19-31)40(2,3)39(54)55)23-26-7-9-27(10-8-26)28-11-14-30(15-12-28)41(44,45)46/h4-12,14-15,17,20,31H,13,16,18-19,21-24H2,1-3H3,(H,54,55)/p-1. The van der Waals surface area contributed by atoms with Crippen molar-refractivity contribution in [3.63, 3.8) is 0 Å². The average molecular weight is 761 g/mol. The van der Waals surface area contributed by atoms with Gasteiger partial charge in [0, 0.05) is 38.3 Å². The van der Waals surface area contributed by atoms with Crippen molar-refractivity contribution < 1.29 is 36.6 Å². The summed E-state index contributed by atoms with van der Waals surface area (Å²) in [4.78, 5) is 52.0. The molecule has 0 N–H and O–H groups in total. The second kappa shape index (κ2) is 15.7. The molecule has 1 amide bonds. The molecule has 14 heteroatoms. The first-order chi connectivity index (χ1) is 26.0. The van der Waals surface area contributed by atoms with E-state index in [1.165, 1.54) is 35.0 Å². The van der Waals surface area contributed by atoms with Gasteiger partial charge in [-0.3, -0.25) is 14.5 Å². The summed E-state index contributed by atoms with van der Waals surface area (Å²) in [6.45, 7) is 5.46. The molecule has 1 saturated heterocycles. The quantitative estimate of drug-likeness (QED) is 0.155. The Balaban J connectivity index is 1.32. The molecule has 1 aliphatic rings. The number of aliphatic carboxylic acids is 1. The molecule has 0 saturated carbocycles. The maximum Gasteiger partial charge on any atom is 0.416 e. The Bertz CT molecular complexity index is 2270. The molecule has 0 unspecified atom stereocenters. The highest BCUT2D eigenvalue weighted by Gasteiger charge is 2.35. The van der Waals surface area contributed by atoms with Gasteiger partial charge in [-0.2, -0.15) is 18.2 Å². The number of halogens is 5. The van der Waals surface area contributed by atoms with Crippen molar-refractivity contribution in [1.82, 2.24) is 24.3 Å². The third-order valence-corrected chi connectivity index (χ3v) is 10.5. The fraction of sp³-hybridized carbons (Fsp3) is 0.341. The molecule has 3 heterocycles. The Morgan fingerprint density at radius 1 is 0.909 bits per heavy atom. The van der Waals surface area contributed by atoms with E-state index >= 15 is 0 Å². The number of carbonyl (C=O) groups is 2. The van der Waals surface area contributed by atoms with Crippen LogP contribution in [0.25, 0.3) is 22.2 Å². The lowest BCUT2D eigenvalue weighted by atomic mass is 9.95. The van der Waals surface area contributed by atoms with Gasteiger partial charge in [0.15, 0.2) is 11.6 Å². The van der Waals surface area contributed by atoms with Crippen molar-refractivity contribution in [2.45, 2.75) is 77.3 Å². The van der Waals surface area contributed by atoms with Crippen molar-refractivity contribution in [3.8, 4) is 11.1 Å². The topological polar surface area (TPSA) is 111 Å². The smallest absolute Gasteiger partial charge is 0.416 e. The molecule has 5 aromatic rings. The molecule has 0 spiro atoms. The summed E-state index contributed by atoms with van der Waals surface area (Å²) in [5.74, 6) is -3.41. The number of rotatable bonds is 11. The molecule has 2 aromatic heterocycles. The highest BCUT2D eigenvalue weighted by Crippen LogP contribution is 2.32. The fourth-order valence-electron chi connectivity index (χ4n) is 7.08. The van der Waals surface area contributed by atoms with Crippen LogP contribution in [0.5, 0.6) is 0 Å². The van der Waals surface area contributed by atoms with Gasteiger partial charge in [-0.15, -0.1) is 0 Å². The minimum Gasteiger partial charge on any atom is -0.548 e. The van der Waals surface area contributed by atoms with Crippen LogP contribution >= 0.6 is 0 Å². The van der Waals surface area contributed by atoms with E-state index in [2.05, 4.69) is 9.97 Å². The average Bonchev–Trinajstić information content (AvgIpc) is 3.15. The van der Waals surface area contributed by atoms with E-state index in [4.69, 9.17) is 0 Å². The first kappa shape index (κ1) is 39.2. The minimum absolute atomic E-state index is 0.00341. The number of piperidine rings is 1. The highest BCUT2D eigenvalue weighted by molar-refractivity contribution is 5.82. The number of alkyl halides is 3. The number of hydrogen-bond acceptors (Lipinski definition) is 7. The maximum absolute atomic E-state index is 14.6. The van der Waals surface area contributed by atoms with Crippen molar-refractivity contribution in [2.24, 2.45) is 0 Å². The third kappa shape index (κ3) is 8.44. The Hall–Kier alpha value is -5.50. The largest absolute Gasteiger partial charge is 0.548 e. The SMILES string of the molecule is Cc1ccnc2c1c(=O)nc(CCc1cccc(F)c1F)n2CC(=O)N(Cc1ccc(-c2ccc(C(F)(F)F)cc2)cc1)C1CCN(C(C)(C)C(=O)[O-])CC1. The van der Waals surface area contributed by atoms with Crippen LogP contribution < -0.4 is 10.7 Å². The van der Waals surface area contributed by atoms with Gasteiger partial charge in [0.25, 0.3) is 5.56 Å². The molecule has 1 fully saturated rings. The van der Waals surface area contributed by atoms with Gasteiger partial charge >= 0.3 is 6.18 Å². The molecule has 0 bridgehead atoms. The zero-order valence-electron chi connectivity index (χ0n) is 30.5. The number of nitrogens with zero attached hydrogens (tertiary/aromatic N) is 5. The van der Waals surface area contributed by atoms with E-state index in [-0.39, 0.29) is 60.3 Å². The van der Waals surface area contributed by atoms with E-state index in [0.29, 0.717) is 42.6 Å². The maximum atomic E-state index is 14.6. The first-order valence-corrected chi connectivity index (χ1v) is 17.8. The summed E-state index contributed by atoms with van der Waals surface area (Å²) >= 11 is 0. The number of likely N-dealkylation sites (tertiary alicyclic amines) is 1. The molecule has 9 nitrogen and oxygen atoms in total. The molecule has 1 aliphatic heterocycles. The third-order valence-electron chi connectivity index (χ3n) is 10.5. The number of aryl methyl sites for hydroxylation is 3. The lowest BCUT2D eigenvalue weighted by Crippen LogP contribution is -2.60. The molecule has 0 radical (unpaired) electrons. The van der Waals surface area contributed by atoms with Gasteiger partial charge in [-0.25, -0.2) is 13.8 Å². The van der Waals surface area contributed by atoms with Crippen molar-refractivity contribution in [3.05, 3.63) is 129 Å². The predicted molar refractivity (Wildman–Crippen MR) is 193 cm³/mol. The molecular weight excluding hydrogens is 721 g/mol. The Morgan fingerprint density at radius 2 is 1.55 bits per heavy atom. The fourth-order valence-corrected chi connectivity index (χ4v) is 7.08. The van der Waals surface area contributed by atoms with Crippen LogP contribution in [-0.2, 0) is 41.7 Å². The lowest BCUT2D eigenvalue weighted by Gasteiger charge is -2.45. The van der Waals surface area contributed by atoms with Crippen LogP contribution in [0.4, 0.5) is 22.0 Å². The van der Waals surface area contributed by atoms with Gasteiger partial charge in [-0.05, 0) is 92.1 Å². The van der Waals surface area contributed by atoms with Gasteiger partial charge < -0.3 is 19.4 Å². The minimum atomic E-state index is -4.46. The molecule has 0 atom stereocenters. The highest BCUT2D eigenvalue weighted by atomic mass is 19.4. The lowest BCUT2D eigenvalue weighted by molar-refractivity contribution is -0.318. The van der Waals surface area contributed by atoms with Crippen LogP contribution in [0.3, 0.4) is 0 Å². The zero-order valence-corrected chi connectivity index (χ0v) is 30.5. The number of benzene rings is 3. The summed E-state index contributed by atoms with van der Waals surface area (Å²) in [6, 6.07) is 17.1. The second-order valence-electron chi connectivity index (χ2n) is 14.3. The van der Waals surface area contributed by atoms with Crippen molar-refractivity contribution >= 4 is 22.9 Å². The number of fused-ring (bicyclic) bond motifs is 1. The Morgan fingerprint density at radius 3 is 2.16 bits per heavy atom. The van der Waals surface area contributed by atoms with Gasteiger partial charge in [0.2, 0.25) is 5.91 Å². The summed E-state index contributed by atoms with van der Waals surface area (Å²) in [7, 11) is 0. The summed E-state index contributed by atoms with van der Waals surface area (Å²) in [6.07, 6.45) is -2.07. The monoisotopic (exact) mass is 760 g/mol. The normalized spacial score (nSPS) is 14.3. The number of carbonyl (C=O) groups excluding carboxylic acids is 2. The summed E-state index contributed by atoms with van der Waals surface area (Å²) < 4.78 is 69.6. The number of amides is 1. The van der Waals surface area contributed by atoms with E-state index in [1.807, 2.05) is 0 Å². The molecule has 288 valence electrons. The van der Waals surface area contributed by atoms with Crippen LogP contribution in [0.2, 0.25) is 0 Å². The van der Waals surface area contributed by atoms with Crippen molar-refractivity contribution in [1.29, 1.82) is 0 Å². The summed E-state index contributed by atoms with van der Waals surface area (Å²) in [5.41, 5.74) is 0.351. The molecule has 0 aliphatic carbocycles. The number of carboxylic acid groups (broad SMARTS) is 1. The summed E-state index contributed by atoms with van der Waals surface area (Å²) in [5, 5.41) is 12.1. The van der Waals surface area contributed by atoms with E-state index in [0.717, 1.165) is 23.8 Å². The van der Waals surface area contributed by atoms with Crippen LogP contribution in [0, 0.1) is 18.6 Å². The number of pyridine rings is 1. The predicted octanol–water partition coefficient (Wildman–Crippen LogP) is 5.87. The van der Waals surface area contributed by atoms with Crippen LogP contribution in [0.1, 0.15) is 54.8 Å². The van der Waals surface area contributed by atoms with Gasteiger partial charge in [-0.1, -0.05) is 48.5 Å². The van der Waals surface area contributed by atoms with E-state index < -0.39 is 40.4 Å². The van der Waals surface area contributed by atoms with Gasteiger partial charge in [0.05, 0.1) is 22.5 Å². The number of hydrogen-bond donors (Lipinski definition) is 0. The van der Waals surface area contributed by atoms with E-state index in [9.17, 15) is 41.4 Å². The Kier molecular flexibility index (Phi) is 11.2.